The second-order valence-electron chi connectivity index (χ2n) is 6.28. The van der Waals surface area contributed by atoms with Crippen molar-refractivity contribution in [3.63, 3.8) is 0 Å². The van der Waals surface area contributed by atoms with Gasteiger partial charge in [0.1, 0.15) is 4.83 Å². The van der Waals surface area contributed by atoms with Crippen LogP contribution in [0.5, 0.6) is 0 Å². The van der Waals surface area contributed by atoms with Gasteiger partial charge in [0.15, 0.2) is 5.65 Å². The zero-order chi connectivity index (χ0) is 18.4. The molecule has 0 aromatic carbocycles. The molecule has 4 heterocycles. The SMILES string of the molecule is CCc1cc2c(=O)n(Cc3cc(=O)n4[nH]c(C)c(CC)c4n3)cnc2s1. The first kappa shape index (κ1) is 16.7. The van der Waals surface area contributed by atoms with Crippen LogP contribution in [0.15, 0.2) is 28.0 Å². The Balaban J connectivity index is 1.82. The number of thiophene rings is 1. The average molecular weight is 369 g/mol. The lowest BCUT2D eigenvalue weighted by Crippen LogP contribution is -2.23. The maximum absolute atomic E-state index is 12.8. The summed E-state index contributed by atoms with van der Waals surface area (Å²) in [6.45, 7) is 6.23. The first-order valence-electron chi connectivity index (χ1n) is 8.59. The molecule has 0 spiro atoms. The van der Waals surface area contributed by atoms with E-state index in [1.807, 2.05) is 19.9 Å². The Bertz CT molecular complexity index is 1240. The number of hydrogen-bond donors (Lipinski definition) is 1. The number of hydrogen-bond acceptors (Lipinski definition) is 5. The molecule has 26 heavy (non-hydrogen) atoms. The van der Waals surface area contributed by atoms with Crippen LogP contribution in [0, 0.1) is 6.92 Å². The predicted molar refractivity (Wildman–Crippen MR) is 102 cm³/mol. The molecule has 0 aliphatic heterocycles. The fourth-order valence-corrected chi connectivity index (χ4v) is 4.14. The Labute approximate surface area is 152 Å². The van der Waals surface area contributed by atoms with Crippen LogP contribution in [-0.4, -0.2) is 24.1 Å². The van der Waals surface area contributed by atoms with E-state index in [1.54, 1.807) is 11.3 Å². The molecule has 4 rings (SSSR count). The van der Waals surface area contributed by atoms with Crippen molar-refractivity contribution in [3.05, 3.63) is 61.0 Å². The molecule has 0 amide bonds. The third-order valence-electron chi connectivity index (χ3n) is 4.58. The molecule has 8 heteroatoms. The van der Waals surface area contributed by atoms with E-state index in [-0.39, 0.29) is 17.7 Å². The van der Waals surface area contributed by atoms with Crippen molar-refractivity contribution in [1.82, 2.24) is 24.1 Å². The minimum atomic E-state index is -0.182. The van der Waals surface area contributed by atoms with Crippen LogP contribution in [0.2, 0.25) is 0 Å². The molecule has 0 radical (unpaired) electrons. The Morgan fingerprint density at radius 1 is 1.19 bits per heavy atom. The Hall–Kier alpha value is -2.74. The minimum absolute atomic E-state index is 0.103. The number of rotatable bonds is 4. The molecule has 7 nitrogen and oxygen atoms in total. The molecule has 0 unspecified atom stereocenters. The molecule has 0 aliphatic carbocycles. The maximum Gasteiger partial charge on any atom is 0.272 e. The second kappa shape index (κ2) is 6.21. The van der Waals surface area contributed by atoms with E-state index in [4.69, 9.17) is 0 Å². The van der Waals surface area contributed by atoms with Crippen LogP contribution in [0.25, 0.3) is 15.9 Å². The molecule has 0 fully saturated rings. The summed E-state index contributed by atoms with van der Waals surface area (Å²) in [7, 11) is 0. The molecular weight excluding hydrogens is 350 g/mol. The van der Waals surface area contributed by atoms with Crippen molar-refractivity contribution in [2.24, 2.45) is 0 Å². The van der Waals surface area contributed by atoms with Crippen molar-refractivity contribution in [1.29, 1.82) is 0 Å². The number of aromatic amines is 1. The molecule has 4 aromatic heterocycles. The molecule has 0 atom stereocenters. The molecule has 0 aliphatic rings. The van der Waals surface area contributed by atoms with Crippen molar-refractivity contribution in [2.45, 2.75) is 40.2 Å². The van der Waals surface area contributed by atoms with Crippen LogP contribution in [-0.2, 0) is 19.4 Å². The molecule has 0 bridgehead atoms. The lowest BCUT2D eigenvalue weighted by atomic mass is 10.2. The lowest BCUT2D eigenvalue weighted by Gasteiger charge is -2.05. The van der Waals surface area contributed by atoms with Gasteiger partial charge in [-0.2, -0.15) is 0 Å². The summed E-state index contributed by atoms with van der Waals surface area (Å²) < 4.78 is 2.96. The highest BCUT2D eigenvalue weighted by Crippen LogP contribution is 2.21. The van der Waals surface area contributed by atoms with Crippen molar-refractivity contribution in [2.75, 3.05) is 0 Å². The second-order valence-corrected chi connectivity index (χ2v) is 7.39. The highest BCUT2D eigenvalue weighted by Gasteiger charge is 2.13. The molecule has 134 valence electrons. The number of aromatic nitrogens is 5. The summed E-state index contributed by atoms with van der Waals surface area (Å²) in [5.41, 5.74) is 2.83. The van der Waals surface area contributed by atoms with Gasteiger partial charge in [-0.15, -0.1) is 11.3 Å². The van der Waals surface area contributed by atoms with Gasteiger partial charge in [0.2, 0.25) is 0 Å². The van der Waals surface area contributed by atoms with Gasteiger partial charge < -0.3 is 0 Å². The highest BCUT2D eigenvalue weighted by atomic mass is 32.1. The third-order valence-corrected chi connectivity index (χ3v) is 5.76. The van der Waals surface area contributed by atoms with Gasteiger partial charge in [0.25, 0.3) is 11.1 Å². The zero-order valence-electron chi connectivity index (χ0n) is 14.9. The van der Waals surface area contributed by atoms with Crippen LogP contribution in [0.3, 0.4) is 0 Å². The smallest absolute Gasteiger partial charge is 0.272 e. The van der Waals surface area contributed by atoms with Gasteiger partial charge in [0.05, 0.1) is 24.0 Å². The van der Waals surface area contributed by atoms with Crippen LogP contribution in [0.4, 0.5) is 0 Å². The molecule has 0 saturated heterocycles. The van der Waals surface area contributed by atoms with E-state index in [2.05, 4.69) is 22.0 Å². The van der Waals surface area contributed by atoms with E-state index in [1.165, 1.54) is 21.5 Å². The van der Waals surface area contributed by atoms with E-state index >= 15 is 0 Å². The quantitative estimate of drug-likeness (QED) is 0.598. The lowest BCUT2D eigenvalue weighted by molar-refractivity contribution is 0.723. The van der Waals surface area contributed by atoms with Crippen molar-refractivity contribution < 1.29 is 0 Å². The van der Waals surface area contributed by atoms with Crippen LogP contribution in [0.1, 0.15) is 35.7 Å². The molecule has 0 saturated carbocycles. The average Bonchev–Trinajstić information content (AvgIpc) is 3.18. The Morgan fingerprint density at radius 3 is 2.73 bits per heavy atom. The standard InChI is InChI=1S/C18H19N5O2S/c1-4-12-7-14-17(26-12)19-9-22(18(14)25)8-11-6-15(24)23-16(20-11)13(5-2)10(3)21-23/h6-7,9,21H,4-5,8H2,1-3H3. The van der Waals surface area contributed by atoms with Crippen LogP contribution < -0.4 is 11.1 Å². The van der Waals surface area contributed by atoms with Crippen molar-refractivity contribution >= 4 is 27.2 Å². The summed E-state index contributed by atoms with van der Waals surface area (Å²) in [5, 5.41) is 3.67. The Kier molecular flexibility index (Phi) is 3.99. The Morgan fingerprint density at radius 2 is 2.00 bits per heavy atom. The number of nitrogens with zero attached hydrogens (tertiary/aromatic N) is 4. The summed E-state index contributed by atoms with van der Waals surface area (Å²) in [5.74, 6) is 0. The number of H-pyrrole nitrogens is 1. The van der Waals surface area contributed by atoms with Gasteiger partial charge in [-0.1, -0.05) is 13.8 Å². The van der Waals surface area contributed by atoms with Gasteiger partial charge in [-0.05, 0) is 25.8 Å². The van der Waals surface area contributed by atoms with Crippen molar-refractivity contribution in [3.8, 4) is 0 Å². The van der Waals surface area contributed by atoms with E-state index in [0.717, 1.165) is 33.8 Å². The minimum Gasteiger partial charge on any atom is -0.294 e. The molecule has 4 aromatic rings. The highest BCUT2D eigenvalue weighted by molar-refractivity contribution is 7.18. The number of fused-ring (bicyclic) bond motifs is 2. The molecular formula is C18H19N5O2S. The summed E-state index contributed by atoms with van der Waals surface area (Å²) in [6, 6.07) is 3.37. The molecule has 1 N–H and O–H groups in total. The van der Waals surface area contributed by atoms with Gasteiger partial charge >= 0.3 is 0 Å². The van der Waals surface area contributed by atoms with Gasteiger partial charge in [-0.3, -0.25) is 19.3 Å². The van der Waals surface area contributed by atoms with Gasteiger partial charge in [-0.25, -0.2) is 14.5 Å². The predicted octanol–water partition coefficient (Wildman–Crippen LogP) is 2.28. The number of aryl methyl sites for hydroxylation is 3. The first-order chi connectivity index (χ1) is 12.5. The van der Waals surface area contributed by atoms with Gasteiger partial charge in [0, 0.05) is 22.2 Å². The monoisotopic (exact) mass is 369 g/mol. The first-order valence-corrected chi connectivity index (χ1v) is 9.41. The van der Waals surface area contributed by atoms with Crippen LogP contribution >= 0.6 is 11.3 Å². The third kappa shape index (κ3) is 2.57. The fourth-order valence-electron chi connectivity index (χ4n) is 3.22. The largest absolute Gasteiger partial charge is 0.294 e. The topological polar surface area (TPSA) is 85.0 Å². The fraction of sp³-hybridized carbons (Fsp3) is 0.333. The number of nitrogens with one attached hydrogen (secondary N) is 1. The van der Waals surface area contributed by atoms with E-state index in [9.17, 15) is 9.59 Å². The van der Waals surface area contributed by atoms with E-state index < -0.39 is 0 Å². The summed E-state index contributed by atoms with van der Waals surface area (Å²) in [6.07, 6.45) is 3.19. The normalized spacial score (nSPS) is 11.7. The maximum atomic E-state index is 12.8. The van der Waals surface area contributed by atoms with E-state index in [0.29, 0.717) is 16.7 Å². The summed E-state index contributed by atoms with van der Waals surface area (Å²) in [4.78, 5) is 36.0. The summed E-state index contributed by atoms with van der Waals surface area (Å²) >= 11 is 1.54. The zero-order valence-corrected chi connectivity index (χ0v) is 15.7.